The molecule has 0 aliphatic carbocycles. The van der Waals surface area contributed by atoms with Crippen LogP contribution in [0.1, 0.15) is 11.7 Å². The average Bonchev–Trinajstić information content (AvgIpc) is 2.31. The Bertz CT molecular complexity index is 320. The number of nitrogens with zero attached hydrogens (tertiary/aromatic N) is 1. The molecule has 4 nitrogen and oxygen atoms in total. The highest BCUT2D eigenvalue weighted by molar-refractivity contribution is 5.39. The highest BCUT2D eigenvalue weighted by Crippen LogP contribution is 2.16. The zero-order valence-electron chi connectivity index (χ0n) is 9.30. The second-order valence-electron chi connectivity index (χ2n) is 4.10. The number of β-amino-alcohol motifs (C(OH)–C–C–N with tert-alkyl or cyclic N) is 1. The van der Waals surface area contributed by atoms with E-state index < -0.39 is 6.10 Å². The Morgan fingerprint density at radius 3 is 2.50 bits per heavy atom. The first-order valence-electron chi connectivity index (χ1n) is 5.59. The minimum absolute atomic E-state index is 0.446. The number of nitrogens with two attached hydrogens (primary N) is 1. The highest BCUT2D eigenvalue weighted by atomic mass is 16.5. The summed E-state index contributed by atoms with van der Waals surface area (Å²) in [7, 11) is 0. The summed E-state index contributed by atoms with van der Waals surface area (Å²) in [4.78, 5) is 2.21. The lowest BCUT2D eigenvalue weighted by atomic mass is 10.1. The summed E-state index contributed by atoms with van der Waals surface area (Å²) < 4.78 is 5.26. The lowest BCUT2D eigenvalue weighted by molar-refractivity contribution is 0.0143. The monoisotopic (exact) mass is 222 g/mol. The predicted molar refractivity (Wildman–Crippen MR) is 63.1 cm³/mol. The zero-order valence-corrected chi connectivity index (χ0v) is 9.30. The molecule has 3 N–H and O–H groups in total. The Labute approximate surface area is 95.6 Å². The van der Waals surface area contributed by atoms with Crippen LogP contribution in [0.3, 0.4) is 0 Å². The first-order valence-corrected chi connectivity index (χ1v) is 5.59. The van der Waals surface area contributed by atoms with Crippen LogP contribution in [-0.2, 0) is 4.74 Å². The van der Waals surface area contributed by atoms with E-state index in [1.807, 2.05) is 24.3 Å². The predicted octanol–water partition coefficient (Wildman–Crippen LogP) is 0.634. The van der Waals surface area contributed by atoms with E-state index in [1.165, 1.54) is 0 Å². The van der Waals surface area contributed by atoms with E-state index in [0.717, 1.165) is 37.6 Å². The Hall–Kier alpha value is -1.10. The van der Waals surface area contributed by atoms with Crippen LogP contribution in [-0.4, -0.2) is 42.9 Å². The fourth-order valence-corrected chi connectivity index (χ4v) is 1.85. The van der Waals surface area contributed by atoms with Crippen molar-refractivity contribution in [3.63, 3.8) is 0 Å². The van der Waals surface area contributed by atoms with Gasteiger partial charge in [-0.25, -0.2) is 0 Å². The van der Waals surface area contributed by atoms with Gasteiger partial charge in [0.25, 0.3) is 0 Å². The molecule has 1 atom stereocenters. The molecule has 0 saturated carbocycles. The number of anilines is 1. The Balaban J connectivity index is 1.91. The zero-order chi connectivity index (χ0) is 11.4. The van der Waals surface area contributed by atoms with Gasteiger partial charge in [0.2, 0.25) is 0 Å². The third kappa shape index (κ3) is 2.95. The maximum Gasteiger partial charge on any atom is 0.0916 e. The molecule has 1 aliphatic rings. The van der Waals surface area contributed by atoms with Crippen molar-refractivity contribution in [2.24, 2.45) is 0 Å². The van der Waals surface area contributed by atoms with Crippen molar-refractivity contribution in [2.45, 2.75) is 6.10 Å². The Morgan fingerprint density at radius 2 is 1.88 bits per heavy atom. The van der Waals surface area contributed by atoms with E-state index >= 15 is 0 Å². The Kier molecular flexibility index (Phi) is 3.77. The van der Waals surface area contributed by atoms with Crippen molar-refractivity contribution in [3.8, 4) is 0 Å². The van der Waals surface area contributed by atoms with Gasteiger partial charge in [-0.05, 0) is 17.7 Å². The van der Waals surface area contributed by atoms with Gasteiger partial charge in [-0.15, -0.1) is 0 Å². The van der Waals surface area contributed by atoms with Crippen molar-refractivity contribution in [2.75, 3.05) is 38.6 Å². The topological polar surface area (TPSA) is 58.7 Å². The highest BCUT2D eigenvalue weighted by Gasteiger charge is 2.15. The van der Waals surface area contributed by atoms with E-state index in [-0.39, 0.29) is 0 Å². The first-order chi connectivity index (χ1) is 7.75. The first kappa shape index (κ1) is 11.4. The summed E-state index contributed by atoms with van der Waals surface area (Å²) in [6.45, 7) is 3.97. The van der Waals surface area contributed by atoms with E-state index in [0.29, 0.717) is 6.54 Å². The number of benzene rings is 1. The molecule has 0 aromatic heterocycles. The summed E-state index contributed by atoms with van der Waals surface area (Å²) in [5.74, 6) is 0. The summed E-state index contributed by atoms with van der Waals surface area (Å²) in [5.41, 5.74) is 7.24. The normalized spacial score (nSPS) is 19.6. The molecular weight excluding hydrogens is 204 g/mol. The summed E-state index contributed by atoms with van der Waals surface area (Å²) in [5, 5.41) is 10.0. The third-order valence-corrected chi connectivity index (χ3v) is 2.86. The average molecular weight is 222 g/mol. The van der Waals surface area contributed by atoms with E-state index in [4.69, 9.17) is 10.5 Å². The van der Waals surface area contributed by atoms with Crippen molar-refractivity contribution in [3.05, 3.63) is 29.8 Å². The van der Waals surface area contributed by atoms with Crippen molar-refractivity contribution < 1.29 is 9.84 Å². The Morgan fingerprint density at radius 1 is 1.25 bits per heavy atom. The molecule has 1 heterocycles. The van der Waals surface area contributed by atoms with Crippen LogP contribution in [0.4, 0.5) is 5.69 Å². The van der Waals surface area contributed by atoms with Crippen LogP contribution in [0.15, 0.2) is 24.3 Å². The molecule has 1 saturated heterocycles. The molecule has 0 amide bonds. The molecule has 1 aromatic carbocycles. The number of nitrogen functional groups attached to an aromatic ring is 1. The largest absolute Gasteiger partial charge is 0.399 e. The minimum atomic E-state index is -0.446. The van der Waals surface area contributed by atoms with Gasteiger partial charge in [-0.3, -0.25) is 4.90 Å². The molecular formula is C12H18N2O2. The van der Waals surface area contributed by atoms with Crippen molar-refractivity contribution in [1.29, 1.82) is 0 Å². The van der Waals surface area contributed by atoms with Crippen LogP contribution in [0.2, 0.25) is 0 Å². The summed E-state index contributed by atoms with van der Waals surface area (Å²) >= 11 is 0. The van der Waals surface area contributed by atoms with Crippen LogP contribution in [0, 0.1) is 0 Å². The van der Waals surface area contributed by atoms with Gasteiger partial charge < -0.3 is 15.6 Å². The van der Waals surface area contributed by atoms with Gasteiger partial charge in [-0.2, -0.15) is 0 Å². The fraction of sp³-hybridized carbons (Fsp3) is 0.500. The molecule has 0 spiro atoms. The summed E-state index contributed by atoms with van der Waals surface area (Å²) in [6, 6.07) is 7.39. The molecule has 1 unspecified atom stereocenters. The van der Waals surface area contributed by atoms with E-state index in [9.17, 15) is 5.11 Å². The number of ether oxygens (including phenoxy) is 1. The number of aliphatic hydroxyl groups excluding tert-OH is 1. The number of morpholine rings is 1. The van der Waals surface area contributed by atoms with Crippen molar-refractivity contribution >= 4 is 5.69 Å². The molecule has 0 radical (unpaired) electrons. The lowest BCUT2D eigenvalue weighted by Crippen LogP contribution is -2.38. The smallest absolute Gasteiger partial charge is 0.0916 e. The van der Waals surface area contributed by atoms with Crippen LogP contribution in [0.5, 0.6) is 0 Å². The van der Waals surface area contributed by atoms with Crippen molar-refractivity contribution in [1.82, 2.24) is 4.90 Å². The van der Waals surface area contributed by atoms with E-state index in [1.54, 1.807) is 0 Å². The summed E-state index contributed by atoms with van der Waals surface area (Å²) in [6.07, 6.45) is -0.446. The second kappa shape index (κ2) is 5.30. The second-order valence-corrected chi connectivity index (χ2v) is 4.10. The standard InChI is InChI=1S/C12H18N2O2/c13-11-3-1-10(2-4-11)12(15)9-14-5-7-16-8-6-14/h1-4,12,15H,5-9,13H2. The fourth-order valence-electron chi connectivity index (χ4n) is 1.85. The van der Waals surface area contributed by atoms with Crippen LogP contribution >= 0.6 is 0 Å². The van der Waals surface area contributed by atoms with Crippen LogP contribution < -0.4 is 5.73 Å². The third-order valence-electron chi connectivity index (χ3n) is 2.86. The number of rotatable bonds is 3. The maximum absolute atomic E-state index is 10.0. The van der Waals surface area contributed by atoms with Gasteiger partial charge in [0.1, 0.15) is 0 Å². The van der Waals surface area contributed by atoms with Gasteiger partial charge in [-0.1, -0.05) is 12.1 Å². The van der Waals surface area contributed by atoms with Crippen LogP contribution in [0.25, 0.3) is 0 Å². The molecule has 2 rings (SSSR count). The maximum atomic E-state index is 10.0. The minimum Gasteiger partial charge on any atom is -0.399 e. The molecule has 1 fully saturated rings. The molecule has 1 aliphatic heterocycles. The molecule has 88 valence electrons. The van der Waals surface area contributed by atoms with Gasteiger partial charge >= 0.3 is 0 Å². The van der Waals surface area contributed by atoms with Gasteiger partial charge in [0.15, 0.2) is 0 Å². The van der Waals surface area contributed by atoms with E-state index in [2.05, 4.69) is 4.90 Å². The number of hydrogen-bond acceptors (Lipinski definition) is 4. The number of hydrogen-bond donors (Lipinski definition) is 2. The van der Waals surface area contributed by atoms with Gasteiger partial charge in [0.05, 0.1) is 19.3 Å². The SMILES string of the molecule is Nc1ccc(C(O)CN2CCOCC2)cc1. The van der Waals surface area contributed by atoms with Gasteiger partial charge in [0, 0.05) is 25.3 Å². The molecule has 4 heteroatoms. The molecule has 0 bridgehead atoms. The molecule has 16 heavy (non-hydrogen) atoms. The quantitative estimate of drug-likeness (QED) is 0.737. The molecule has 1 aromatic rings. The number of aliphatic hydroxyl groups is 1. The lowest BCUT2D eigenvalue weighted by Gasteiger charge is -2.28.